The van der Waals surface area contributed by atoms with E-state index in [1.54, 1.807) is 11.9 Å². The van der Waals surface area contributed by atoms with Gasteiger partial charge in [0.15, 0.2) is 0 Å². The molecule has 1 aromatic rings. The molecule has 0 aromatic heterocycles. The highest BCUT2D eigenvalue weighted by Crippen LogP contribution is 2.19. The molecule has 17 heavy (non-hydrogen) atoms. The van der Waals surface area contributed by atoms with Crippen molar-refractivity contribution in [2.45, 2.75) is 6.42 Å². The van der Waals surface area contributed by atoms with E-state index in [0.717, 1.165) is 9.26 Å². The Morgan fingerprint density at radius 2 is 2.29 bits per heavy atom. The minimum atomic E-state index is -0.231. The zero-order valence-electron chi connectivity index (χ0n) is 9.44. The molecule has 2 rings (SSSR count). The van der Waals surface area contributed by atoms with Crippen LogP contribution in [0.25, 0.3) is 0 Å². The van der Waals surface area contributed by atoms with Crippen molar-refractivity contribution in [3.8, 4) is 0 Å². The molecule has 1 N–H and O–H groups in total. The molecule has 0 spiro atoms. The molecule has 1 aliphatic heterocycles. The standard InChI is InChI=1S/C12H13IN2O2/c1-15-7-8(5-11(15)16)12(17)14-10-4-2-3-9(13)6-10/h2-4,6,8H,5,7H2,1H3,(H,14,17)/t8-/m1/s1. The number of halogens is 1. The highest BCUT2D eigenvalue weighted by molar-refractivity contribution is 14.1. The smallest absolute Gasteiger partial charge is 0.229 e. The molecule has 0 radical (unpaired) electrons. The Hall–Kier alpha value is -1.11. The summed E-state index contributed by atoms with van der Waals surface area (Å²) in [5, 5.41) is 2.84. The van der Waals surface area contributed by atoms with Crippen LogP contribution in [0, 0.1) is 9.49 Å². The van der Waals surface area contributed by atoms with Crippen LogP contribution in [-0.4, -0.2) is 30.3 Å². The molecule has 4 nitrogen and oxygen atoms in total. The van der Waals surface area contributed by atoms with Crippen molar-refractivity contribution in [2.75, 3.05) is 18.9 Å². The second-order valence-corrected chi connectivity index (χ2v) is 5.42. The Kier molecular flexibility index (Phi) is 3.66. The predicted octanol–water partition coefficient (Wildman–Crippen LogP) is 1.71. The van der Waals surface area contributed by atoms with Gasteiger partial charge in [0.2, 0.25) is 11.8 Å². The molecule has 5 heteroatoms. The number of anilines is 1. The van der Waals surface area contributed by atoms with Gasteiger partial charge in [-0.2, -0.15) is 0 Å². The van der Waals surface area contributed by atoms with Crippen molar-refractivity contribution in [1.29, 1.82) is 0 Å². The average molecular weight is 344 g/mol. The molecule has 1 fully saturated rings. The maximum atomic E-state index is 11.9. The monoisotopic (exact) mass is 344 g/mol. The molecule has 2 amide bonds. The van der Waals surface area contributed by atoms with E-state index >= 15 is 0 Å². The van der Waals surface area contributed by atoms with Crippen LogP contribution in [0.5, 0.6) is 0 Å². The van der Waals surface area contributed by atoms with Crippen LogP contribution in [0.4, 0.5) is 5.69 Å². The van der Waals surface area contributed by atoms with E-state index in [9.17, 15) is 9.59 Å². The normalized spacial score (nSPS) is 19.5. The second-order valence-electron chi connectivity index (χ2n) is 4.17. The fraction of sp³-hybridized carbons (Fsp3) is 0.333. The maximum absolute atomic E-state index is 11.9. The van der Waals surface area contributed by atoms with Crippen molar-refractivity contribution >= 4 is 40.1 Å². The van der Waals surface area contributed by atoms with Crippen LogP contribution in [0.15, 0.2) is 24.3 Å². The van der Waals surface area contributed by atoms with Crippen LogP contribution < -0.4 is 5.32 Å². The Bertz CT molecular complexity index is 462. The summed E-state index contributed by atoms with van der Waals surface area (Å²) in [5.41, 5.74) is 0.781. The maximum Gasteiger partial charge on any atom is 0.229 e. The SMILES string of the molecule is CN1C[C@H](C(=O)Nc2cccc(I)c2)CC1=O. The van der Waals surface area contributed by atoms with Crippen molar-refractivity contribution < 1.29 is 9.59 Å². The van der Waals surface area contributed by atoms with Gasteiger partial charge in [0.05, 0.1) is 5.92 Å². The minimum absolute atomic E-state index is 0.0350. The molecule has 1 atom stereocenters. The van der Waals surface area contributed by atoms with Crippen LogP contribution in [0.3, 0.4) is 0 Å². The summed E-state index contributed by atoms with van der Waals surface area (Å²) in [6.07, 6.45) is 0.312. The third-order valence-corrected chi connectivity index (χ3v) is 3.47. The van der Waals surface area contributed by atoms with Gasteiger partial charge < -0.3 is 10.2 Å². The lowest BCUT2D eigenvalue weighted by Gasteiger charge is -2.11. The summed E-state index contributed by atoms with van der Waals surface area (Å²) in [6, 6.07) is 7.60. The zero-order chi connectivity index (χ0) is 12.4. The number of nitrogens with one attached hydrogen (secondary N) is 1. The van der Waals surface area contributed by atoms with E-state index in [1.165, 1.54) is 0 Å². The van der Waals surface area contributed by atoms with E-state index in [4.69, 9.17) is 0 Å². The summed E-state index contributed by atoms with van der Waals surface area (Å²) in [5.74, 6) is -0.275. The van der Waals surface area contributed by atoms with Gasteiger partial charge in [-0.05, 0) is 40.8 Å². The van der Waals surface area contributed by atoms with Crippen molar-refractivity contribution in [1.82, 2.24) is 4.90 Å². The van der Waals surface area contributed by atoms with Crippen LogP contribution >= 0.6 is 22.6 Å². The fourth-order valence-electron chi connectivity index (χ4n) is 1.85. The summed E-state index contributed by atoms with van der Waals surface area (Å²) in [7, 11) is 1.72. The van der Waals surface area contributed by atoms with Crippen molar-refractivity contribution in [3.63, 3.8) is 0 Å². The van der Waals surface area contributed by atoms with Crippen LogP contribution in [-0.2, 0) is 9.59 Å². The zero-order valence-corrected chi connectivity index (χ0v) is 11.6. The van der Waals surface area contributed by atoms with E-state index in [2.05, 4.69) is 27.9 Å². The Labute approximate surface area is 114 Å². The predicted molar refractivity (Wildman–Crippen MR) is 73.5 cm³/mol. The van der Waals surface area contributed by atoms with Crippen LogP contribution in [0.2, 0.25) is 0 Å². The molecule has 90 valence electrons. The first-order chi connectivity index (χ1) is 8.06. The van der Waals surface area contributed by atoms with Gasteiger partial charge in [0.25, 0.3) is 0 Å². The number of likely N-dealkylation sites (tertiary alicyclic amines) is 1. The van der Waals surface area contributed by atoms with Crippen molar-refractivity contribution in [3.05, 3.63) is 27.8 Å². The van der Waals surface area contributed by atoms with Crippen molar-refractivity contribution in [2.24, 2.45) is 5.92 Å². The molecule has 1 saturated heterocycles. The lowest BCUT2D eigenvalue weighted by molar-refractivity contribution is -0.127. The van der Waals surface area contributed by atoms with Gasteiger partial charge in [0, 0.05) is 29.3 Å². The largest absolute Gasteiger partial charge is 0.345 e. The number of carbonyl (C=O) groups is 2. The number of benzene rings is 1. The fourth-order valence-corrected chi connectivity index (χ4v) is 2.39. The first-order valence-corrected chi connectivity index (χ1v) is 6.44. The summed E-state index contributed by atoms with van der Waals surface area (Å²) >= 11 is 2.19. The number of nitrogens with zero attached hydrogens (tertiary/aromatic N) is 1. The quantitative estimate of drug-likeness (QED) is 0.831. The van der Waals surface area contributed by atoms with E-state index in [0.29, 0.717) is 13.0 Å². The van der Waals surface area contributed by atoms with E-state index in [1.807, 2.05) is 24.3 Å². The van der Waals surface area contributed by atoms with Gasteiger partial charge in [0.1, 0.15) is 0 Å². The molecular formula is C12H13IN2O2. The molecule has 1 aromatic carbocycles. The average Bonchev–Trinajstić information content (AvgIpc) is 2.59. The first kappa shape index (κ1) is 12.3. The summed E-state index contributed by atoms with van der Waals surface area (Å²) in [6.45, 7) is 0.509. The lowest BCUT2D eigenvalue weighted by atomic mass is 10.1. The Morgan fingerprint density at radius 3 is 2.88 bits per heavy atom. The van der Waals surface area contributed by atoms with Gasteiger partial charge in [-0.3, -0.25) is 9.59 Å². The Balaban J connectivity index is 2.00. The number of hydrogen-bond acceptors (Lipinski definition) is 2. The minimum Gasteiger partial charge on any atom is -0.345 e. The number of amides is 2. The summed E-state index contributed by atoms with van der Waals surface area (Å²) < 4.78 is 1.07. The highest BCUT2D eigenvalue weighted by atomic mass is 127. The highest BCUT2D eigenvalue weighted by Gasteiger charge is 2.31. The third kappa shape index (κ3) is 2.96. The second kappa shape index (κ2) is 5.03. The summed E-state index contributed by atoms with van der Waals surface area (Å²) in [4.78, 5) is 24.9. The number of rotatable bonds is 2. The molecule has 0 saturated carbocycles. The Morgan fingerprint density at radius 1 is 1.53 bits per heavy atom. The first-order valence-electron chi connectivity index (χ1n) is 5.36. The van der Waals surface area contributed by atoms with E-state index < -0.39 is 0 Å². The molecule has 0 aliphatic carbocycles. The van der Waals surface area contributed by atoms with Gasteiger partial charge >= 0.3 is 0 Å². The van der Waals surface area contributed by atoms with E-state index in [-0.39, 0.29) is 17.7 Å². The topological polar surface area (TPSA) is 49.4 Å². The lowest BCUT2D eigenvalue weighted by Crippen LogP contribution is -2.25. The molecule has 1 heterocycles. The molecular weight excluding hydrogens is 331 g/mol. The molecule has 0 unspecified atom stereocenters. The third-order valence-electron chi connectivity index (χ3n) is 2.80. The van der Waals surface area contributed by atoms with Crippen LogP contribution in [0.1, 0.15) is 6.42 Å². The molecule has 0 bridgehead atoms. The van der Waals surface area contributed by atoms with Gasteiger partial charge in [-0.1, -0.05) is 6.07 Å². The molecule has 1 aliphatic rings. The number of carbonyl (C=O) groups excluding carboxylic acids is 2. The van der Waals surface area contributed by atoms with Gasteiger partial charge in [-0.25, -0.2) is 0 Å². The van der Waals surface area contributed by atoms with Gasteiger partial charge in [-0.15, -0.1) is 0 Å². The number of hydrogen-bond donors (Lipinski definition) is 1.